The summed E-state index contributed by atoms with van der Waals surface area (Å²) in [4.78, 5) is 8.48. The number of nitrogens with one attached hydrogen (secondary N) is 1. The third-order valence-electron chi connectivity index (χ3n) is 5.92. The highest BCUT2D eigenvalue weighted by atomic mass is 35.5. The number of nitrogens with zero attached hydrogens (tertiary/aromatic N) is 5. The van der Waals surface area contributed by atoms with Gasteiger partial charge in [-0.05, 0) is 49.7 Å². The highest BCUT2D eigenvalue weighted by molar-refractivity contribution is 7.93. The Morgan fingerprint density at radius 1 is 0.974 bits per heavy atom. The second kappa shape index (κ2) is 11.7. The van der Waals surface area contributed by atoms with Crippen LogP contribution >= 0.6 is 23.2 Å². The molecule has 2 aromatic carbocycles. The summed E-state index contributed by atoms with van der Waals surface area (Å²) in [6.07, 6.45) is 2.22. The van der Waals surface area contributed by atoms with E-state index in [0.717, 1.165) is 5.56 Å². The summed E-state index contributed by atoms with van der Waals surface area (Å²) >= 11 is 12.6. The minimum Gasteiger partial charge on any atom is -0.494 e. The molecule has 0 saturated heterocycles. The number of hydrogen-bond acceptors (Lipinski definition) is 9. The fourth-order valence-corrected chi connectivity index (χ4v) is 5.52. The molecule has 206 valence electrons. The van der Waals surface area contributed by atoms with Crippen molar-refractivity contribution in [3.05, 3.63) is 70.2 Å². The molecule has 0 aliphatic rings. The van der Waals surface area contributed by atoms with Gasteiger partial charge >= 0.3 is 0 Å². The Morgan fingerprint density at radius 2 is 1.62 bits per heavy atom. The largest absolute Gasteiger partial charge is 0.494 e. The molecule has 0 aliphatic carbocycles. The smallest absolute Gasteiger partial charge is 0.243 e. The lowest BCUT2D eigenvalue weighted by atomic mass is 10.2. The Balaban J connectivity index is 1.87. The van der Waals surface area contributed by atoms with Crippen LogP contribution in [0.25, 0.3) is 17.1 Å². The predicted molar refractivity (Wildman–Crippen MR) is 148 cm³/mol. The van der Waals surface area contributed by atoms with Gasteiger partial charge in [-0.25, -0.2) is 18.4 Å². The van der Waals surface area contributed by atoms with Gasteiger partial charge in [0.2, 0.25) is 16.0 Å². The number of benzene rings is 2. The fraction of sp³-hybridized carbons (Fsp3) is 0.280. The standard InChI is InChI=1S/C25H26Cl2N6O5S/c1-14-12-28-23(29-13-14)22(38-5)15(2)39(34,35)32-25-31-30-24(17-10-9-16(26)11-18(17)27)33(25)21-19(36-3)7-6-8-20(21)37-4/h6-13,15,22H,1-5H3,(H,31,32)/t15-,22-/m0/s1. The third kappa shape index (κ3) is 5.78. The number of hydrogen-bond donors (Lipinski definition) is 1. The lowest BCUT2D eigenvalue weighted by molar-refractivity contribution is 0.0949. The second-order valence-corrected chi connectivity index (χ2v) is 11.3. The van der Waals surface area contributed by atoms with E-state index < -0.39 is 21.4 Å². The van der Waals surface area contributed by atoms with Crippen molar-refractivity contribution in [1.29, 1.82) is 0 Å². The number of halogens is 2. The van der Waals surface area contributed by atoms with Crippen molar-refractivity contribution in [3.63, 3.8) is 0 Å². The number of sulfonamides is 1. The van der Waals surface area contributed by atoms with Crippen molar-refractivity contribution < 1.29 is 22.6 Å². The van der Waals surface area contributed by atoms with Crippen molar-refractivity contribution in [2.45, 2.75) is 25.2 Å². The molecule has 0 amide bonds. The van der Waals surface area contributed by atoms with Gasteiger partial charge in [0.1, 0.15) is 28.5 Å². The van der Waals surface area contributed by atoms with E-state index in [2.05, 4.69) is 24.9 Å². The normalized spacial score (nSPS) is 13.1. The van der Waals surface area contributed by atoms with Crippen LogP contribution < -0.4 is 14.2 Å². The molecule has 39 heavy (non-hydrogen) atoms. The van der Waals surface area contributed by atoms with Crippen molar-refractivity contribution in [3.8, 4) is 28.6 Å². The first kappa shape index (κ1) is 28.6. The topological polar surface area (TPSA) is 130 Å². The van der Waals surface area contributed by atoms with Crippen LogP contribution in [-0.2, 0) is 14.8 Å². The number of rotatable bonds is 10. The molecule has 2 heterocycles. The number of anilines is 1. The highest BCUT2D eigenvalue weighted by Gasteiger charge is 2.35. The van der Waals surface area contributed by atoms with Gasteiger partial charge in [0, 0.05) is 30.1 Å². The van der Waals surface area contributed by atoms with Crippen LogP contribution in [0.5, 0.6) is 11.5 Å². The summed E-state index contributed by atoms with van der Waals surface area (Å²) in [6.45, 7) is 3.32. The second-order valence-electron chi connectivity index (χ2n) is 8.45. The van der Waals surface area contributed by atoms with Gasteiger partial charge in [0.05, 0.1) is 19.2 Å². The molecule has 11 nitrogen and oxygen atoms in total. The van der Waals surface area contributed by atoms with E-state index in [1.807, 2.05) is 6.92 Å². The summed E-state index contributed by atoms with van der Waals surface area (Å²) in [5.74, 6) is 1.05. The van der Waals surface area contributed by atoms with Crippen molar-refractivity contribution >= 4 is 39.2 Å². The molecule has 0 radical (unpaired) electrons. The fourth-order valence-electron chi connectivity index (χ4n) is 3.90. The van der Waals surface area contributed by atoms with E-state index in [-0.39, 0.29) is 22.6 Å². The van der Waals surface area contributed by atoms with Gasteiger partial charge in [0.15, 0.2) is 11.6 Å². The molecule has 0 aliphatic heterocycles. The van der Waals surface area contributed by atoms with Gasteiger partial charge in [-0.2, -0.15) is 0 Å². The first-order valence-electron chi connectivity index (χ1n) is 11.6. The van der Waals surface area contributed by atoms with Crippen LogP contribution in [0, 0.1) is 6.92 Å². The average Bonchev–Trinajstić information content (AvgIpc) is 3.31. The van der Waals surface area contributed by atoms with Crippen LogP contribution in [0.15, 0.2) is 48.8 Å². The van der Waals surface area contributed by atoms with E-state index in [1.54, 1.807) is 48.8 Å². The Kier molecular flexibility index (Phi) is 8.60. The van der Waals surface area contributed by atoms with Gasteiger partial charge < -0.3 is 14.2 Å². The molecule has 0 saturated carbocycles. The minimum atomic E-state index is -4.15. The molecule has 0 unspecified atom stereocenters. The summed E-state index contributed by atoms with van der Waals surface area (Å²) < 4.78 is 48.0. The maximum absolute atomic E-state index is 13.7. The molecule has 2 atom stereocenters. The molecule has 1 N–H and O–H groups in total. The summed E-state index contributed by atoms with van der Waals surface area (Å²) in [7, 11) is 0.200. The van der Waals surface area contributed by atoms with E-state index in [4.69, 9.17) is 37.4 Å². The van der Waals surface area contributed by atoms with E-state index in [0.29, 0.717) is 27.8 Å². The highest BCUT2D eigenvalue weighted by Crippen LogP contribution is 2.40. The van der Waals surface area contributed by atoms with Crippen LogP contribution in [0.4, 0.5) is 5.95 Å². The first-order chi connectivity index (χ1) is 18.6. The average molecular weight is 593 g/mol. The number of para-hydroxylation sites is 1. The lowest BCUT2D eigenvalue weighted by Gasteiger charge is -2.23. The van der Waals surface area contributed by atoms with E-state index in [9.17, 15) is 8.42 Å². The Morgan fingerprint density at radius 3 is 2.18 bits per heavy atom. The Bertz CT molecular complexity index is 1560. The molecule has 0 fully saturated rings. The van der Waals surface area contributed by atoms with Gasteiger partial charge in [-0.15, -0.1) is 10.2 Å². The number of methoxy groups -OCH3 is 3. The number of aromatic nitrogens is 5. The number of ether oxygens (including phenoxy) is 3. The first-order valence-corrected chi connectivity index (χ1v) is 13.9. The van der Waals surface area contributed by atoms with Crippen molar-refractivity contribution in [2.24, 2.45) is 0 Å². The molecule has 4 aromatic rings. The molecule has 4 rings (SSSR count). The molecular formula is C25H26Cl2N6O5S. The Labute approximate surface area is 236 Å². The van der Waals surface area contributed by atoms with Crippen LogP contribution in [-0.4, -0.2) is 59.7 Å². The SMILES string of the molecule is COc1cccc(OC)c1-n1c(NS(=O)(=O)[C@@H](C)[C@H](OC)c2ncc(C)cn2)nnc1-c1ccc(Cl)cc1Cl. The molecular weight excluding hydrogens is 567 g/mol. The quantitative estimate of drug-likeness (QED) is 0.274. The van der Waals surface area contributed by atoms with Crippen molar-refractivity contribution in [1.82, 2.24) is 24.7 Å². The maximum Gasteiger partial charge on any atom is 0.243 e. The number of aryl methyl sites for hydroxylation is 1. The minimum absolute atomic E-state index is 0.134. The maximum atomic E-state index is 13.7. The molecule has 2 aromatic heterocycles. The lowest BCUT2D eigenvalue weighted by Crippen LogP contribution is -2.33. The zero-order valence-electron chi connectivity index (χ0n) is 21.7. The van der Waals surface area contributed by atoms with Crippen LogP contribution in [0.3, 0.4) is 0 Å². The zero-order chi connectivity index (χ0) is 28.3. The summed E-state index contributed by atoms with van der Waals surface area (Å²) in [5.41, 5.74) is 1.63. The predicted octanol–water partition coefficient (Wildman–Crippen LogP) is 4.87. The Hall–Kier alpha value is -3.45. The van der Waals surface area contributed by atoms with Crippen molar-refractivity contribution in [2.75, 3.05) is 26.1 Å². The van der Waals surface area contributed by atoms with E-state index >= 15 is 0 Å². The third-order valence-corrected chi connectivity index (χ3v) is 8.16. The molecule has 0 spiro atoms. The van der Waals surface area contributed by atoms with Gasteiger partial charge in [0.25, 0.3) is 0 Å². The zero-order valence-corrected chi connectivity index (χ0v) is 24.0. The van der Waals surface area contributed by atoms with Crippen LogP contribution in [0.1, 0.15) is 24.4 Å². The van der Waals surface area contributed by atoms with E-state index in [1.165, 1.54) is 32.8 Å². The monoisotopic (exact) mass is 592 g/mol. The van der Waals surface area contributed by atoms with Crippen LogP contribution in [0.2, 0.25) is 10.0 Å². The molecule has 0 bridgehead atoms. The molecule has 14 heteroatoms. The summed E-state index contributed by atoms with van der Waals surface area (Å²) in [6, 6.07) is 9.97. The van der Waals surface area contributed by atoms with Gasteiger partial charge in [-0.1, -0.05) is 29.3 Å². The van der Waals surface area contributed by atoms with Gasteiger partial charge in [-0.3, -0.25) is 9.29 Å². The summed E-state index contributed by atoms with van der Waals surface area (Å²) in [5, 5.41) is 8.01.